The highest BCUT2D eigenvalue weighted by atomic mass is 13.9. The van der Waals surface area contributed by atoms with Gasteiger partial charge in [-0.15, -0.1) is 0 Å². The smallest absolute Gasteiger partial charge is 0.0351 e. The molecule has 0 aromatic carbocycles. The lowest BCUT2D eigenvalue weighted by molar-refractivity contribution is 0.692. The Balaban J connectivity index is 3.02. The number of rotatable bonds is 10. The maximum absolute atomic E-state index is 2.37. The second-order valence-corrected chi connectivity index (χ2v) is 4.17. The molecular formula is C15H28. The van der Waals surface area contributed by atoms with Crippen LogP contribution in [0.5, 0.6) is 0 Å². The van der Waals surface area contributed by atoms with E-state index in [1.165, 1.54) is 57.8 Å². The predicted octanol–water partition coefficient (Wildman–Crippen LogP) is 5.65. The first-order chi connectivity index (χ1) is 7.41. The Labute approximate surface area is 96.5 Å². The summed E-state index contributed by atoms with van der Waals surface area (Å²) in [6.07, 6.45) is 21.1. The molecule has 0 aliphatic carbocycles. The third-order valence-corrected chi connectivity index (χ3v) is 2.62. The maximum atomic E-state index is 2.37. The van der Waals surface area contributed by atoms with Crippen molar-refractivity contribution in [1.29, 1.82) is 0 Å². The fourth-order valence-corrected chi connectivity index (χ4v) is 1.62. The van der Waals surface area contributed by atoms with Gasteiger partial charge in [0.2, 0.25) is 0 Å². The molecule has 0 atom stereocenters. The monoisotopic (exact) mass is 208 g/mol. The van der Waals surface area contributed by atoms with Crippen molar-refractivity contribution >= 4 is 0 Å². The van der Waals surface area contributed by atoms with Crippen LogP contribution >= 0.6 is 0 Å². The molecule has 0 spiro atoms. The van der Waals surface area contributed by atoms with Crippen molar-refractivity contribution < 1.29 is 0 Å². The van der Waals surface area contributed by atoms with E-state index in [0.29, 0.717) is 0 Å². The van der Waals surface area contributed by atoms with Gasteiger partial charge in [0.05, 0.1) is 0 Å². The highest BCUT2D eigenvalue weighted by Gasteiger charge is 1.85. The van der Waals surface area contributed by atoms with Gasteiger partial charge in [-0.3, -0.25) is 0 Å². The van der Waals surface area contributed by atoms with E-state index >= 15 is 0 Å². The second-order valence-electron chi connectivity index (χ2n) is 4.17. The average Bonchev–Trinajstić information content (AvgIpc) is 2.26. The Bertz CT molecular complexity index is 153. The van der Waals surface area contributed by atoms with Crippen LogP contribution in [0.1, 0.15) is 71.6 Å². The first-order valence-electron chi connectivity index (χ1n) is 6.68. The zero-order valence-corrected chi connectivity index (χ0v) is 10.7. The molecule has 0 heteroatoms. The Morgan fingerprint density at radius 3 is 1.73 bits per heavy atom. The third kappa shape index (κ3) is 13.5. The number of hydrogen-bond donors (Lipinski definition) is 0. The van der Waals surface area contributed by atoms with E-state index in [9.17, 15) is 0 Å². The van der Waals surface area contributed by atoms with Crippen LogP contribution in [0.3, 0.4) is 0 Å². The Morgan fingerprint density at radius 2 is 1.20 bits per heavy atom. The quantitative estimate of drug-likeness (QED) is 0.321. The van der Waals surface area contributed by atoms with Gasteiger partial charge >= 0.3 is 0 Å². The highest BCUT2D eigenvalue weighted by molar-refractivity contribution is 4.81. The molecule has 0 N–H and O–H groups in total. The van der Waals surface area contributed by atoms with Crippen molar-refractivity contribution in [3.05, 3.63) is 24.3 Å². The standard InChI is InChI=1S/C15H28/c1-3-5-7-9-11-13-15-14-12-10-8-6-4-2/h3,5,12,14H,4,6-11,13,15H2,1-2H3. The summed E-state index contributed by atoms with van der Waals surface area (Å²) in [6, 6.07) is 0. The number of allylic oxidation sites excluding steroid dienone is 4. The average molecular weight is 208 g/mol. The van der Waals surface area contributed by atoms with Crippen LogP contribution < -0.4 is 0 Å². The first-order valence-corrected chi connectivity index (χ1v) is 6.68. The molecule has 0 aromatic heterocycles. The largest absolute Gasteiger partial charge is 0.0917 e. The van der Waals surface area contributed by atoms with Crippen molar-refractivity contribution in [1.82, 2.24) is 0 Å². The molecular weight excluding hydrogens is 180 g/mol. The van der Waals surface area contributed by atoms with Crippen LogP contribution in [0.25, 0.3) is 0 Å². The molecule has 0 aliphatic rings. The van der Waals surface area contributed by atoms with Crippen molar-refractivity contribution in [2.24, 2.45) is 0 Å². The lowest BCUT2D eigenvalue weighted by atomic mass is 10.1. The van der Waals surface area contributed by atoms with Crippen molar-refractivity contribution in [3.63, 3.8) is 0 Å². The number of hydrogen-bond acceptors (Lipinski definition) is 0. The van der Waals surface area contributed by atoms with Gasteiger partial charge in [-0.05, 0) is 45.4 Å². The molecule has 0 saturated carbocycles. The Kier molecular flexibility index (Phi) is 13.0. The molecule has 0 fully saturated rings. The highest BCUT2D eigenvalue weighted by Crippen LogP contribution is 2.05. The lowest BCUT2D eigenvalue weighted by Crippen LogP contribution is -1.75. The van der Waals surface area contributed by atoms with E-state index in [-0.39, 0.29) is 0 Å². The molecule has 0 aromatic rings. The van der Waals surface area contributed by atoms with Crippen LogP contribution in [0.4, 0.5) is 0 Å². The zero-order chi connectivity index (χ0) is 11.2. The summed E-state index contributed by atoms with van der Waals surface area (Å²) in [5.74, 6) is 0. The summed E-state index contributed by atoms with van der Waals surface area (Å²) >= 11 is 0. The lowest BCUT2D eigenvalue weighted by Gasteiger charge is -1.95. The molecule has 0 heterocycles. The molecule has 0 bridgehead atoms. The van der Waals surface area contributed by atoms with Crippen LogP contribution in [0.2, 0.25) is 0 Å². The van der Waals surface area contributed by atoms with Gasteiger partial charge in [-0.1, -0.05) is 50.5 Å². The van der Waals surface area contributed by atoms with E-state index < -0.39 is 0 Å². The summed E-state index contributed by atoms with van der Waals surface area (Å²) in [5.41, 5.74) is 0. The minimum Gasteiger partial charge on any atom is -0.0917 e. The normalized spacial score (nSPS) is 11.9. The van der Waals surface area contributed by atoms with Gasteiger partial charge < -0.3 is 0 Å². The van der Waals surface area contributed by atoms with Crippen molar-refractivity contribution in [2.45, 2.75) is 71.6 Å². The molecule has 0 aliphatic heterocycles. The SMILES string of the molecule is CC=CCCCCCC=CCCCCC. The Hall–Kier alpha value is -0.520. The van der Waals surface area contributed by atoms with Crippen molar-refractivity contribution in [2.75, 3.05) is 0 Å². The maximum Gasteiger partial charge on any atom is -0.0351 e. The van der Waals surface area contributed by atoms with E-state index in [4.69, 9.17) is 0 Å². The molecule has 0 rings (SSSR count). The molecule has 0 saturated heterocycles. The van der Waals surface area contributed by atoms with Gasteiger partial charge in [0.25, 0.3) is 0 Å². The van der Waals surface area contributed by atoms with Crippen LogP contribution in [-0.4, -0.2) is 0 Å². The summed E-state index contributed by atoms with van der Waals surface area (Å²) in [6.45, 7) is 4.35. The topological polar surface area (TPSA) is 0 Å². The van der Waals surface area contributed by atoms with E-state index in [1.54, 1.807) is 0 Å². The fourth-order valence-electron chi connectivity index (χ4n) is 1.62. The second kappa shape index (κ2) is 13.5. The minimum absolute atomic E-state index is 1.26. The van der Waals surface area contributed by atoms with Crippen LogP contribution in [-0.2, 0) is 0 Å². The van der Waals surface area contributed by atoms with Crippen molar-refractivity contribution in [3.8, 4) is 0 Å². The molecule has 0 amide bonds. The molecule has 15 heavy (non-hydrogen) atoms. The first kappa shape index (κ1) is 14.5. The molecule has 0 unspecified atom stereocenters. The fraction of sp³-hybridized carbons (Fsp3) is 0.733. The van der Waals surface area contributed by atoms with Crippen LogP contribution in [0, 0.1) is 0 Å². The molecule has 88 valence electrons. The number of unbranched alkanes of at least 4 members (excludes halogenated alkanes) is 7. The summed E-state index contributed by atoms with van der Waals surface area (Å²) in [7, 11) is 0. The van der Waals surface area contributed by atoms with E-state index in [0.717, 1.165) is 0 Å². The molecule has 0 nitrogen and oxygen atoms in total. The van der Waals surface area contributed by atoms with Crippen LogP contribution in [0.15, 0.2) is 24.3 Å². The van der Waals surface area contributed by atoms with E-state index in [1.807, 2.05) is 0 Å². The predicted molar refractivity (Wildman–Crippen MR) is 71.2 cm³/mol. The minimum atomic E-state index is 1.26. The van der Waals surface area contributed by atoms with Gasteiger partial charge in [-0.25, -0.2) is 0 Å². The van der Waals surface area contributed by atoms with E-state index in [2.05, 4.69) is 38.2 Å². The van der Waals surface area contributed by atoms with Gasteiger partial charge in [-0.2, -0.15) is 0 Å². The Morgan fingerprint density at radius 1 is 0.667 bits per heavy atom. The summed E-state index contributed by atoms with van der Waals surface area (Å²) in [5, 5.41) is 0. The summed E-state index contributed by atoms with van der Waals surface area (Å²) in [4.78, 5) is 0. The van der Waals surface area contributed by atoms with Gasteiger partial charge in [0, 0.05) is 0 Å². The van der Waals surface area contributed by atoms with Gasteiger partial charge in [0.15, 0.2) is 0 Å². The zero-order valence-electron chi connectivity index (χ0n) is 10.7. The van der Waals surface area contributed by atoms with Gasteiger partial charge in [0.1, 0.15) is 0 Å². The molecule has 0 radical (unpaired) electrons. The summed E-state index contributed by atoms with van der Waals surface area (Å²) < 4.78 is 0. The third-order valence-electron chi connectivity index (χ3n) is 2.62.